The second-order valence-corrected chi connectivity index (χ2v) is 32.0. The van der Waals surface area contributed by atoms with Crippen LogP contribution in [0.1, 0.15) is 288 Å². The van der Waals surface area contributed by atoms with Crippen LogP contribution in [0.4, 0.5) is 13.2 Å². The SMILES string of the molecule is C#CC(C)(C)C(C)=O.C/C=C/C(C)(C)C(C)=O.C/C=C/CC(C)C(C)(C)C(=O)O.C/C=C/CC(O)C(C)(C)C(C)=O.C/C=C/CC=O.C=C(OS(=O)(=O)C(F)(F)F)C(C)(C)C(C)=O.C=CC(C)(C)C(C)=O.CC(=O)C(C)(C)C#CCl.CC(=O)C(C)(C)C(C)=O.CC(=O)C(C)C.CC(C)C(=O)O.CCC(=O)O.CCC(C)=O.ClC#CCl. The van der Waals surface area contributed by atoms with Gasteiger partial charge in [-0.15, -0.1) is 13.0 Å². The lowest BCUT2D eigenvalue weighted by Gasteiger charge is -2.26. The molecule has 0 rings (SSSR count). The quantitative estimate of drug-likeness (QED) is 0.0119. The van der Waals surface area contributed by atoms with Gasteiger partial charge in [0.1, 0.15) is 69.9 Å². The fourth-order valence-corrected chi connectivity index (χ4v) is 4.35. The van der Waals surface area contributed by atoms with Crippen LogP contribution in [0, 0.1) is 95.5 Å². The van der Waals surface area contributed by atoms with Crippen LogP contribution >= 0.6 is 34.8 Å². The van der Waals surface area contributed by atoms with E-state index in [2.05, 4.69) is 34.6 Å². The van der Waals surface area contributed by atoms with Gasteiger partial charge in [-0.05, 0) is 247 Å². The van der Waals surface area contributed by atoms with Crippen LogP contribution in [0.5, 0.6) is 0 Å². The van der Waals surface area contributed by atoms with E-state index in [1.54, 1.807) is 124 Å². The van der Waals surface area contributed by atoms with Crippen LogP contribution in [-0.4, -0.2) is 122 Å². The highest BCUT2D eigenvalue weighted by Gasteiger charge is 2.50. The molecular formula is C87H144Cl3F3O21S. The van der Waals surface area contributed by atoms with Gasteiger partial charge in [-0.25, -0.2) is 0 Å². The van der Waals surface area contributed by atoms with E-state index < -0.39 is 83.7 Å². The zero-order chi connectivity index (χ0) is 96.2. The standard InChI is InChI=1S/2C10H18O2.C8H11F3O4S.C8H14O.C7H9ClO.C7H12O2.C7H12O.C7H10O.C5H10O.C5H8O.C4H8O2.C4H8O.C3H6O2.C2Cl2/c1-5-6-7-9(12)10(3,4)8(2)11;1-5-6-7-8(2)10(3,4)9(11)12;1-5(12)7(3,4)6(2)15-16(13,14)8(9,10)11;1-5-6-8(3,4)7(2)9;1-6(9)7(2,3)4-5-8;1-5(8)7(3,4)6(2)9;2*1-5-7(3,4)6(2)8;1-4(2)5(3)6;1-2-3-4-5-6;1-3(2)4(5)6;1-3-4(2)5;1-2-3(4)5;3-1-2-4/h5-6,9,12H,7H2,1-4H3;5-6,8H,7H2,1-4H3,(H,11,12);2H2,1,3-4H3;5-6H,1-4H3;1-3H3;1-4H3;5H,1H2,2-4H3;1H,2-4H3;4H,1-3H3;2-3,5H,4H2,1H3;3H,1-2H3,(H,5,6);3H2,1-2H3;2H2,1H3,(H,4,5);/b2*6-5+;;6-5+;;;;;;3-2+;;;;. The Morgan fingerprint density at radius 2 is 0.826 bits per heavy atom. The highest BCUT2D eigenvalue weighted by molar-refractivity contribution is 7.87. The van der Waals surface area contributed by atoms with Crippen LogP contribution in [0.3, 0.4) is 0 Å². The zero-order valence-electron chi connectivity index (χ0n) is 76.0. The zero-order valence-corrected chi connectivity index (χ0v) is 79.1. The Bertz CT molecular complexity index is 3290. The van der Waals surface area contributed by atoms with Crippen molar-refractivity contribution in [3.05, 3.63) is 73.6 Å². The molecule has 28 heteroatoms. The molecule has 0 heterocycles. The predicted molar refractivity (Wildman–Crippen MR) is 462 cm³/mol. The van der Waals surface area contributed by atoms with Gasteiger partial charge in [0.05, 0.1) is 39.1 Å². The number of hydrogen-bond donors (Lipinski definition) is 4. The van der Waals surface area contributed by atoms with Gasteiger partial charge in [0.15, 0.2) is 0 Å². The summed E-state index contributed by atoms with van der Waals surface area (Å²) in [5.74, 6) is 2.44. The van der Waals surface area contributed by atoms with Crippen LogP contribution in [0.15, 0.2) is 73.6 Å². The molecule has 666 valence electrons. The van der Waals surface area contributed by atoms with Gasteiger partial charge in [0.25, 0.3) is 0 Å². The molecular weight excluding hydrogens is 1580 g/mol. The average molecular weight is 1720 g/mol. The van der Waals surface area contributed by atoms with E-state index in [1.165, 1.54) is 48.5 Å². The van der Waals surface area contributed by atoms with Crippen LogP contribution in [-0.2, 0) is 81.4 Å². The van der Waals surface area contributed by atoms with E-state index in [-0.39, 0.29) is 87.1 Å². The molecule has 0 radical (unpaired) electrons. The molecule has 0 spiro atoms. The van der Waals surface area contributed by atoms with Gasteiger partial charge < -0.3 is 34.2 Å². The number of Topliss-reactive ketones (excluding diaryl/α,β-unsaturated/α-hetero) is 10. The van der Waals surface area contributed by atoms with E-state index in [0.717, 1.165) is 19.6 Å². The maximum atomic E-state index is 11.9. The Kier molecular flexibility index (Phi) is 88.0. The molecule has 0 amide bonds. The monoisotopic (exact) mass is 1720 g/mol. The lowest BCUT2D eigenvalue weighted by atomic mass is 9.78. The third-order valence-electron chi connectivity index (χ3n) is 16.7. The summed E-state index contributed by atoms with van der Waals surface area (Å²) >= 11 is 14.5. The lowest BCUT2D eigenvalue weighted by Crippen LogP contribution is -2.35. The minimum Gasteiger partial charge on any atom is -0.481 e. The van der Waals surface area contributed by atoms with Crippen molar-refractivity contribution in [3.63, 3.8) is 0 Å². The maximum absolute atomic E-state index is 11.9. The van der Waals surface area contributed by atoms with E-state index in [9.17, 15) is 93.8 Å². The van der Waals surface area contributed by atoms with Crippen molar-refractivity contribution in [2.45, 2.75) is 300 Å². The number of carboxylic acids is 3. The highest BCUT2D eigenvalue weighted by atomic mass is 35.5. The van der Waals surface area contributed by atoms with E-state index in [0.29, 0.717) is 19.3 Å². The molecule has 0 aliphatic heterocycles. The smallest absolute Gasteiger partial charge is 0.481 e. The van der Waals surface area contributed by atoms with Crippen molar-refractivity contribution in [2.24, 2.45) is 61.1 Å². The number of aldehydes is 1. The first-order chi connectivity index (χ1) is 51.2. The number of carbonyl (C=O) groups excluding carboxylic acids is 11. The van der Waals surface area contributed by atoms with Crippen molar-refractivity contribution in [3.8, 4) is 34.4 Å². The molecule has 21 nitrogen and oxygen atoms in total. The Labute approximate surface area is 705 Å². The van der Waals surface area contributed by atoms with Crippen molar-refractivity contribution in [1.82, 2.24) is 0 Å². The topological polar surface area (TPSA) is 363 Å². The van der Waals surface area contributed by atoms with Crippen molar-refractivity contribution in [1.29, 1.82) is 0 Å². The molecule has 0 aromatic carbocycles. The first kappa shape index (κ1) is 139. The number of carboxylic acid groups (broad SMARTS) is 3. The molecule has 115 heavy (non-hydrogen) atoms. The van der Waals surface area contributed by atoms with E-state index in [1.807, 2.05) is 142 Å². The summed E-state index contributed by atoms with van der Waals surface area (Å²) in [5.41, 5.74) is -10.8. The number of allylic oxidation sites excluding steroid dienone is 9. The second kappa shape index (κ2) is 72.7. The summed E-state index contributed by atoms with van der Waals surface area (Å²) in [5, 5.41) is 40.2. The molecule has 0 saturated carbocycles. The summed E-state index contributed by atoms with van der Waals surface area (Å²) in [7, 11) is -5.77. The Balaban J connectivity index is -0.0000000808. The van der Waals surface area contributed by atoms with Gasteiger partial charge in [0, 0.05) is 57.6 Å². The minimum absolute atomic E-state index is 0.0273. The number of rotatable bonds is 26. The summed E-state index contributed by atoms with van der Waals surface area (Å²) < 4.78 is 60.8. The third-order valence-corrected chi connectivity index (χ3v) is 18.0. The molecule has 0 aliphatic rings. The number of ketones is 10. The van der Waals surface area contributed by atoms with Crippen molar-refractivity contribution < 1.29 is 113 Å². The Hall–Kier alpha value is -7.73. The molecule has 0 bridgehead atoms. The molecule has 2 unspecified atom stereocenters. The van der Waals surface area contributed by atoms with Gasteiger partial charge in [-0.1, -0.05) is 135 Å². The van der Waals surface area contributed by atoms with E-state index >= 15 is 0 Å². The summed E-state index contributed by atoms with van der Waals surface area (Å²) in [6.45, 7) is 68.8. The molecule has 0 saturated heterocycles. The molecule has 0 aromatic heterocycles. The Morgan fingerprint density at radius 3 is 0.957 bits per heavy atom. The number of alkyl halides is 3. The molecule has 0 aromatic rings. The first-order valence-corrected chi connectivity index (χ1v) is 38.8. The largest absolute Gasteiger partial charge is 0.534 e. The van der Waals surface area contributed by atoms with Crippen LogP contribution in [0.2, 0.25) is 0 Å². The summed E-state index contributed by atoms with van der Waals surface area (Å²) in [6, 6.07) is 0. The Morgan fingerprint density at radius 1 is 0.504 bits per heavy atom. The van der Waals surface area contributed by atoms with Gasteiger partial charge >= 0.3 is 33.5 Å². The van der Waals surface area contributed by atoms with Gasteiger partial charge in [-0.2, -0.15) is 21.6 Å². The van der Waals surface area contributed by atoms with Crippen LogP contribution < -0.4 is 0 Å². The fraction of sp³-hybridized carbons (Fsp3) is 0.632. The van der Waals surface area contributed by atoms with Crippen LogP contribution in [0.25, 0.3) is 0 Å². The third kappa shape index (κ3) is 85.5. The number of aliphatic hydroxyl groups excluding tert-OH is 1. The minimum atomic E-state index is -5.77. The number of aliphatic carboxylic acids is 3. The van der Waals surface area contributed by atoms with Crippen molar-refractivity contribution >= 4 is 127 Å². The summed E-state index contributed by atoms with van der Waals surface area (Å²) in [6.07, 6.45) is 25.0. The van der Waals surface area contributed by atoms with E-state index in [4.69, 9.17) is 56.5 Å². The maximum Gasteiger partial charge on any atom is 0.534 e. The predicted octanol–water partition coefficient (Wildman–Crippen LogP) is 20.8. The second-order valence-electron chi connectivity index (χ2n) is 29.9. The first-order valence-electron chi connectivity index (χ1n) is 36.2. The average Bonchev–Trinajstić information content (AvgIpc) is 0.808. The molecule has 2 atom stereocenters. The lowest BCUT2D eigenvalue weighted by molar-refractivity contribution is -0.150. The number of halogens is 6. The van der Waals surface area contributed by atoms with Gasteiger partial charge in [-0.3, -0.25) is 57.5 Å². The molecule has 0 aliphatic carbocycles. The molecule has 0 fully saturated rings. The van der Waals surface area contributed by atoms with Crippen molar-refractivity contribution in [2.75, 3.05) is 0 Å². The number of aliphatic hydroxyl groups is 1. The number of hydrogen-bond acceptors (Lipinski definition) is 18. The number of carbonyl (C=O) groups is 14. The fourth-order valence-electron chi connectivity index (χ4n) is 3.55. The summed E-state index contributed by atoms with van der Waals surface area (Å²) in [4.78, 5) is 145. The molecule has 4 N–H and O–H groups in total. The normalized spacial score (nSPS) is 11.3. The highest BCUT2D eigenvalue weighted by Crippen LogP contribution is 2.34. The van der Waals surface area contributed by atoms with Gasteiger partial charge in [0.2, 0.25) is 0 Å². The number of terminal acetylenes is 1.